The number of rotatable bonds is 5. The van der Waals surface area contributed by atoms with Crippen LogP contribution in [0.3, 0.4) is 0 Å². The molecule has 5 nitrogen and oxygen atoms in total. The van der Waals surface area contributed by atoms with Gasteiger partial charge in [-0.05, 0) is 22.9 Å². The number of hydrogen-bond acceptors (Lipinski definition) is 6. The first-order valence-electron chi connectivity index (χ1n) is 5.40. The van der Waals surface area contributed by atoms with Gasteiger partial charge in [-0.1, -0.05) is 0 Å². The Morgan fingerprint density at radius 1 is 1.44 bits per heavy atom. The Labute approximate surface area is 118 Å². The molecule has 0 atom stereocenters. The molecule has 0 aromatic carbocycles. The topological polar surface area (TPSA) is 59.9 Å². The third kappa shape index (κ3) is 3.39. The number of aromatic nitrogens is 3. The summed E-state index contributed by atoms with van der Waals surface area (Å²) in [6.07, 6.45) is 2.52. The molecule has 1 N–H and O–H groups in total. The Kier molecular flexibility index (Phi) is 4.48. The van der Waals surface area contributed by atoms with Crippen molar-refractivity contribution in [3.8, 4) is 5.88 Å². The summed E-state index contributed by atoms with van der Waals surface area (Å²) in [5, 5.41) is 6.30. The fourth-order valence-electron chi connectivity index (χ4n) is 1.41. The van der Waals surface area contributed by atoms with Gasteiger partial charge in [0.15, 0.2) is 0 Å². The van der Waals surface area contributed by atoms with Crippen molar-refractivity contribution in [1.29, 1.82) is 0 Å². The van der Waals surface area contributed by atoms with Crippen LogP contribution in [0.2, 0.25) is 0 Å². The predicted octanol–water partition coefficient (Wildman–Crippen LogP) is 2.67. The number of halogens is 1. The minimum atomic E-state index is 0.525. The van der Waals surface area contributed by atoms with E-state index >= 15 is 0 Å². The molecule has 0 aliphatic heterocycles. The van der Waals surface area contributed by atoms with Gasteiger partial charge in [0.25, 0.3) is 0 Å². The number of anilines is 1. The first kappa shape index (κ1) is 13.2. The van der Waals surface area contributed by atoms with Crippen molar-refractivity contribution in [3.63, 3.8) is 0 Å². The van der Waals surface area contributed by atoms with E-state index < -0.39 is 0 Å². The maximum Gasteiger partial charge on any atom is 0.232 e. The average molecular weight is 329 g/mol. The van der Waals surface area contributed by atoms with E-state index in [0.717, 1.165) is 28.1 Å². The summed E-state index contributed by atoms with van der Waals surface area (Å²) < 4.78 is 5.85. The zero-order valence-corrected chi connectivity index (χ0v) is 12.5. The first-order chi connectivity index (χ1) is 8.69. The van der Waals surface area contributed by atoms with Gasteiger partial charge in [-0.3, -0.25) is 0 Å². The van der Waals surface area contributed by atoms with Crippen LogP contribution in [0, 0.1) is 6.92 Å². The van der Waals surface area contributed by atoms with Gasteiger partial charge < -0.3 is 10.1 Å². The SMILES string of the molecule is COc1nc(NCCc2csc(C)n2)ncc1Br. The minimum Gasteiger partial charge on any atom is -0.480 e. The van der Waals surface area contributed by atoms with Gasteiger partial charge in [0.05, 0.1) is 28.5 Å². The second-order valence-electron chi connectivity index (χ2n) is 3.59. The van der Waals surface area contributed by atoms with Gasteiger partial charge in [-0.2, -0.15) is 4.98 Å². The summed E-state index contributed by atoms with van der Waals surface area (Å²) in [4.78, 5) is 12.8. The van der Waals surface area contributed by atoms with Crippen LogP contribution in [0.1, 0.15) is 10.7 Å². The van der Waals surface area contributed by atoms with Gasteiger partial charge in [-0.15, -0.1) is 11.3 Å². The lowest BCUT2D eigenvalue weighted by Gasteiger charge is -2.06. The summed E-state index contributed by atoms with van der Waals surface area (Å²) in [6, 6.07) is 0. The highest BCUT2D eigenvalue weighted by Crippen LogP contribution is 2.21. The summed E-state index contributed by atoms with van der Waals surface area (Å²) >= 11 is 4.97. The third-order valence-corrected chi connectivity index (χ3v) is 3.60. The molecule has 0 saturated carbocycles. The molecule has 96 valence electrons. The van der Waals surface area contributed by atoms with Crippen LogP contribution in [-0.2, 0) is 6.42 Å². The molecule has 2 heterocycles. The maximum atomic E-state index is 5.10. The number of nitrogens with zero attached hydrogens (tertiary/aromatic N) is 3. The molecule has 0 unspecified atom stereocenters. The number of hydrogen-bond donors (Lipinski definition) is 1. The quantitative estimate of drug-likeness (QED) is 0.914. The molecule has 0 aliphatic carbocycles. The largest absolute Gasteiger partial charge is 0.480 e. The zero-order chi connectivity index (χ0) is 13.0. The smallest absolute Gasteiger partial charge is 0.232 e. The van der Waals surface area contributed by atoms with Gasteiger partial charge in [-0.25, -0.2) is 9.97 Å². The monoisotopic (exact) mass is 328 g/mol. The minimum absolute atomic E-state index is 0.525. The normalized spacial score (nSPS) is 10.4. The number of ether oxygens (including phenoxy) is 1. The van der Waals surface area contributed by atoms with Crippen molar-refractivity contribution >= 4 is 33.2 Å². The van der Waals surface area contributed by atoms with E-state index in [4.69, 9.17) is 4.74 Å². The molecular weight excluding hydrogens is 316 g/mol. The van der Waals surface area contributed by atoms with Crippen LogP contribution in [0.5, 0.6) is 5.88 Å². The van der Waals surface area contributed by atoms with Crippen LogP contribution in [0.25, 0.3) is 0 Å². The van der Waals surface area contributed by atoms with E-state index in [1.54, 1.807) is 24.6 Å². The molecule has 2 aromatic heterocycles. The van der Waals surface area contributed by atoms with E-state index in [1.807, 2.05) is 6.92 Å². The average Bonchev–Trinajstić information content (AvgIpc) is 2.77. The zero-order valence-electron chi connectivity index (χ0n) is 10.1. The fraction of sp³-hybridized carbons (Fsp3) is 0.364. The summed E-state index contributed by atoms with van der Waals surface area (Å²) in [6.45, 7) is 2.75. The number of thiazole rings is 1. The molecule has 0 bridgehead atoms. The molecule has 0 saturated heterocycles. The Morgan fingerprint density at radius 3 is 2.94 bits per heavy atom. The Hall–Kier alpha value is -1.21. The number of methoxy groups -OCH3 is 1. The van der Waals surface area contributed by atoms with Crippen LogP contribution in [0.15, 0.2) is 16.0 Å². The van der Waals surface area contributed by atoms with Crippen LogP contribution < -0.4 is 10.1 Å². The maximum absolute atomic E-state index is 5.10. The highest BCUT2D eigenvalue weighted by atomic mass is 79.9. The lowest BCUT2D eigenvalue weighted by molar-refractivity contribution is 0.394. The van der Waals surface area contributed by atoms with Gasteiger partial charge in [0, 0.05) is 18.3 Å². The van der Waals surface area contributed by atoms with Crippen molar-refractivity contribution in [3.05, 3.63) is 26.8 Å². The van der Waals surface area contributed by atoms with Crippen LogP contribution >= 0.6 is 27.3 Å². The van der Waals surface area contributed by atoms with Crippen molar-refractivity contribution in [1.82, 2.24) is 15.0 Å². The Balaban J connectivity index is 1.90. The fourth-order valence-corrected chi connectivity index (χ4v) is 2.41. The predicted molar refractivity (Wildman–Crippen MR) is 75.3 cm³/mol. The second kappa shape index (κ2) is 6.10. The van der Waals surface area contributed by atoms with Gasteiger partial charge in [0.2, 0.25) is 11.8 Å². The number of nitrogens with one attached hydrogen (secondary N) is 1. The second-order valence-corrected chi connectivity index (χ2v) is 5.50. The van der Waals surface area contributed by atoms with E-state index in [1.165, 1.54) is 0 Å². The first-order valence-corrected chi connectivity index (χ1v) is 7.07. The molecule has 2 rings (SSSR count). The van der Waals surface area contributed by atoms with E-state index in [9.17, 15) is 0 Å². The molecule has 0 amide bonds. The molecule has 18 heavy (non-hydrogen) atoms. The summed E-state index contributed by atoms with van der Waals surface area (Å²) in [5.41, 5.74) is 1.09. The Bertz CT molecular complexity index is 532. The van der Waals surface area contributed by atoms with Crippen LogP contribution in [0.4, 0.5) is 5.95 Å². The van der Waals surface area contributed by atoms with E-state index in [-0.39, 0.29) is 0 Å². The van der Waals surface area contributed by atoms with E-state index in [2.05, 4.69) is 41.6 Å². The highest BCUT2D eigenvalue weighted by Gasteiger charge is 2.05. The van der Waals surface area contributed by atoms with Gasteiger partial charge in [0.1, 0.15) is 0 Å². The van der Waals surface area contributed by atoms with E-state index in [0.29, 0.717) is 11.8 Å². The van der Waals surface area contributed by atoms with Crippen molar-refractivity contribution in [2.45, 2.75) is 13.3 Å². The highest BCUT2D eigenvalue weighted by molar-refractivity contribution is 9.10. The molecule has 0 fully saturated rings. The van der Waals surface area contributed by atoms with Crippen molar-refractivity contribution in [2.75, 3.05) is 19.0 Å². The van der Waals surface area contributed by atoms with Crippen molar-refractivity contribution < 1.29 is 4.74 Å². The lowest BCUT2D eigenvalue weighted by Crippen LogP contribution is -2.08. The molecule has 2 aromatic rings. The van der Waals surface area contributed by atoms with Crippen LogP contribution in [-0.4, -0.2) is 28.6 Å². The molecule has 0 aliphatic rings. The molecule has 0 spiro atoms. The molecule has 7 heteroatoms. The summed E-state index contributed by atoms with van der Waals surface area (Å²) in [5.74, 6) is 1.08. The molecular formula is C11H13BrN4OS. The molecule has 0 radical (unpaired) electrons. The number of aryl methyl sites for hydroxylation is 1. The Morgan fingerprint density at radius 2 is 2.28 bits per heavy atom. The standard InChI is InChI=1S/C11H13BrN4OS/c1-7-15-8(6-18-7)3-4-13-11-14-5-9(12)10(16-11)17-2/h5-6H,3-4H2,1-2H3,(H,13,14,16). The van der Waals surface area contributed by atoms with Gasteiger partial charge >= 0.3 is 0 Å². The summed E-state index contributed by atoms with van der Waals surface area (Å²) in [7, 11) is 1.58. The van der Waals surface area contributed by atoms with Crippen molar-refractivity contribution in [2.24, 2.45) is 0 Å². The lowest BCUT2D eigenvalue weighted by atomic mass is 10.3. The third-order valence-electron chi connectivity index (χ3n) is 2.24.